The summed E-state index contributed by atoms with van der Waals surface area (Å²) < 4.78 is 57.2. The molecule has 0 saturated carbocycles. The van der Waals surface area contributed by atoms with Crippen LogP contribution in [0.5, 0.6) is 0 Å². The van der Waals surface area contributed by atoms with Crippen molar-refractivity contribution in [2.45, 2.75) is 84.6 Å². The maximum atomic E-state index is 11.3. The van der Waals surface area contributed by atoms with E-state index < -0.39 is 20.7 Å². The average Bonchev–Trinajstić information content (AvgIpc) is 3.25. The molecule has 6 aromatic carbocycles. The maximum absolute atomic E-state index is 11.3. The number of aryl methyl sites for hydroxylation is 1. The van der Waals surface area contributed by atoms with Gasteiger partial charge in [0, 0.05) is 40.7 Å². The van der Waals surface area contributed by atoms with Crippen LogP contribution in [-0.4, -0.2) is 44.6 Å². The molecule has 9 nitrogen and oxygen atoms in total. The van der Waals surface area contributed by atoms with Crippen LogP contribution in [0.4, 0.5) is 34.1 Å². The van der Waals surface area contributed by atoms with E-state index in [1.54, 1.807) is 12.1 Å². The van der Waals surface area contributed by atoms with Gasteiger partial charge in [0.15, 0.2) is 0 Å². The van der Waals surface area contributed by atoms with E-state index in [4.69, 9.17) is 12.6 Å². The lowest BCUT2D eigenvalue weighted by Crippen LogP contribution is -2.12. The van der Waals surface area contributed by atoms with Crippen LogP contribution in [-0.2, 0) is 33.7 Å². The lowest BCUT2D eigenvalue weighted by Gasteiger charge is -2.26. The van der Waals surface area contributed by atoms with Gasteiger partial charge in [-0.05, 0) is 152 Å². The largest absolute Gasteiger partial charge is 0.425 e. The Hall–Kier alpha value is -5.59. The van der Waals surface area contributed by atoms with Crippen LogP contribution in [0.3, 0.4) is 0 Å². The smallest absolute Gasteiger partial charge is 0.311 e. The number of para-hydroxylation sites is 1. The topological polar surface area (TPSA) is 115 Å². The predicted molar refractivity (Wildman–Crippen MR) is 253 cm³/mol. The van der Waals surface area contributed by atoms with E-state index in [0.717, 1.165) is 42.9 Å². The molecule has 0 radical (unpaired) electrons. The molecule has 61 heavy (non-hydrogen) atoms. The molecule has 1 N–H and O–H groups in total. The van der Waals surface area contributed by atoms with E-state index >= 15 is 0 Å². The highest BCUT2D eigenvalue weighted by Gasteiger charge is 2.16. The summed E-state index contributed by atoms with van der Waals surface area (Å²) in [5.74, 6) is 1.09. The van der Waals surface area contributed by atoms with Gasteiger partial charge in [0.1, 0.15) is 0 Å². The van der Waals surface area contributed by atoms with E-state index in [-0.39, 0.29) is 12.3 Å². The normalized spacial score (nSPS) is 11.8. The summed E-state index contributed by atoms with van der Waals surface area (Å²) in [6, 6.07) is 51.4. The number of anilines is 6. The summed E-state index contributed by atoms with van der Waals surface area (Å²) in [5, 5.41) is 0. The van der Waals surface area contributed by atoms with Crippen LogP contribution in [0.2, 0.25) is 0 Å². The molecular weight excluding hydrogens is 803 g/mol. The van der Waals surface area contributed by atoms with Crippen molar-refractivity contribution in [1.82, 2.24) is 4.90 Å². The van der Waals surface area contributed by atoms with Gasteiger partial charge >= 0.3 is 10.6 Å². The van der Waals surface area contributed by atoms with Gasteiger partial charge in [0.25, 0.3) is 10.1 Å². The first-order chi connectivity index (χ1) is 28.6. The number of benzene rings is 6. The van der Waals surface area contributed by atoms with Crippen LogP contribution in [0.25, 0.3) is 0 Å². The molecule has 0 aliphatic rings. The minimum atomic E-state index is -4.21. The molecule has 11 heteroatoms. The Morgan fingerprint density at radius 1 is 0.508 bits per heavy atom. The van der Waals surface area contributed by atoms with E-state index in [9.17, 15) is 13.0 Å². The van der Waals surface area contributed by atoms with Crippen molar-refractivity contribution in [3.8, 4) is 0 Å². The molecule has 0 aromatic heterocycles. The Bertz CT molecular complexity index is 2420. The second-order valence-electron chi connectivity index (χ2n) is 14.9. The highest BCUT2D eigenvalue weighted by molar-refractivity contribution is 7.85. The molecule has 2 unspecified atom stereocenters. The number of hydrogen-bond donors (Lipinski definition) is 1. The SMILES string of the molecule is C.CCC(C)c1ccc(N(c2ccccc2)c2ccc(S(=O)(=O)O)cc2)cc1.CCc1ccc(N(c2ccc(CN(C)C)cc2)c2ccc(C(C)CC)cc2)cc1.O=S(=O)=O. The predicted octanol–water partition coefficient (Wildman–Crippen LogP) is 12.8. The van der Waals surface area contributed by atoms with E-state index in [2.05, 4.69) is 156 Å². The Morgan fingerprint density at radius 2 is 0.820 bits per heavy atom. The average molecular weight is 864 g/mol. The van der Waals surface area contributed by atoms with Crippen molar-refractivity contribution in [3.63, 3.8) is 0 Å². The van der Waals surface area contributed by atoms with Gasteiger partial charge in [0.05, 0.1) is 4.90 Å². The molecule has 0 bridgehead atoms. The molecule has 0 spiro atoms. The first-order valence-corrected chi connectivity index (χ1v) is 22.6. The number of hydrogen-bond acceptors (Lipinski definition) is 8. The van der Waals surface area contributed by atoms with Crippen molar-refractivity contribution in [1.29, 1.82) is 0 Å². The fraction of sp³-hybridized carbons (Fsp3) is 0.280. The summed E-state index contributed by atoms with van der Waals surface area (Å²) in [4.78, 5) is 6.48. The summed E-state index contributed by atoms with van der Waals surface area (Å²) in [6.45, 7) is 12.1. The van der Waals surface area contributed by atoms with Crippen LogP contribution < -0.4 is 9.80 Å². The zero-order chi connectivity index (χ0) is 43.8. The van der Waals surface area contributed by atoms with E-state index in [0.29, 0.717) is 11.8 Å². The van der Waals surface area contributed by atoms with E-state index in [1.165, 1.54) is 51.4 Å². The number of rotatable bonds is 14. The fourth-order valence-electron chi connectivity index (χ4n) is 6.61. The first-order valence-electron chi connectivity index (χ1n) is 20.2. The molecule has 0 fully saturated rings. The standard InChI is InChI=1S/C27H34N2.C22H23NO3S.CH4.O3S/c1-6-21(3)24-12-18-27(19-13-24)29(25-14-8-22(7-2)9-15-25)26-16-10-23(11-17-26)20-28(4)5;1-3-17(2)18-9-11-20(12-10-18)23(19-7-5-4-6-8-19)21-13-15-22(16-14-21)27(24,25)26;;1-4(2)3/h8-19,21H,6-7,20H2,1-5H3;4-17H,3H2,1-2H3,(H,24,25,26);1H4;. The molecule has 2 atom stereocenters. The second kappa shape index (κ2) is 24.0. The molecule has 0 aliphatic carbocycles. The van der Waals surface area contributed by atoms with Gasteiger partial charge in [-0.3, -0.25) is 4.55 Å². The highest BCUT2D eigenvalue weighted by atomic mass is 32.2. The lowest BCUT2D eigenvalue weighted by atomic mass is 9.98. The summed E-state index contributed by atoms with van der Waals surface area (Å²) in [6.07, 6.45) is 3.30. The summed E-state index contributed by atoms with van der Waals surface area (Å²) >= 11 is 0. The molecule has 0 amide bonds. The Balaban J connectivity index is 0.000000295. The molecule has 0 aliphatic heterocycles. The third kappa shape index (κ3) is 14.8. The third-order valence-electron chi connectivity index (χ3n) is 10.4. The highest BCUT2D eigenvalue weighted by Crippen LogP contribution is 2.37. The van der Waals surface area contributed by atoms with Crippen molar-refractivity contribution >= 4 is 54.9 Å². The van der Waals surface area contributed by atoms with Gasteiger partial charge in [-0.15, -0.1) is 12.6 Å². The van der Waals surface area contributed by atoms with Gasteiger partial charge in [0.2, 0.25) is 0 Å². The van der Waals surface area contributed by atoms with Crippen molar-refractivity contribution in [2.24, 2.45) is 0 Å². The van der Waals surface area contributed by atoms with Gasteiger partial charge in [-0.2, -0.15) is 8.42 Å². The van der Waals surface area contributed by atoms with Gasteiger partial charge in [-0.25, -0.2) is 0 Å². The Morgan fingerprint density at radius 3 is 1.13 bits per heavy atom. The van der Waals surface area contributed by atoms with Crippen molar-refractivity contribution in [2.75, 3.05) is 23.9 Å². The molecule has 0 heterocycles. The minimum absolute atomic E-state index is 0. The van der Waals surface area contributed by atoms with Crippen molar-refractivity contribution < 1.29 is 25.6 Å². The number of nitrogens with zero attached hydrogens (tertiary/aromatic N) is 3. The molecule has 6 aromatic rings. The minimum Gasteiger partial charge on any atom is -0.311 e. The summed E-state index contributed by atoms with van der Waals surface area (Å²) in [5.41, 5.74) is 11.7. The van der Waals surface area contributed by atoms with Crippen molar-refractivity contribution in [3.05, 3.63) is 174 Å². The maximum Gasteiger partial charge on any atom is 0.425 e. The van der Waals surface area contributed by atoms with Gasteiger partial charge in [-0.1, -0.05) is 109 Å². The third-order valence-corrected chi connectivity index (χ3v) is 11.2. The van der Waals surface area contributed by atoms with Crippen LogP contribution >= 0.6 is 0 Å². The Labute approximate surface area is 366 Å². The van der Waals surface area contributed by atoms with Gasteiger partial charge < -0.3 is 14.7 Å². The molecule has 324 valence electrons. The van der Waals surface area contributed by atoms with E-state index in [1.807, 2.05) is 35.2 Å². The van der Waals surface area contributed by atoms with Crippen LogP contribution in [0.1, 0.15) is 89.0 Å². The second-order valence-corrected chi connectivity index (χ2v) is 16.7. The molecule has 0 saturated heterocycles. The fourth-order valence-corrected chi connectivity index (χ4v) is 7.09. The monoisotopic (exact) mass is 863 g/mol. The molecular formula is C50H61N3O6S2. The first kappa shape index (κ1) is 49.8. The Kier molecular flexibility index (Phi) is 19.6. The lowest BCUT2D eigenvalue weighted by molar-refractivity contribution is 0.402. The summed E-state index contributed by atoms with van der Waals surface area (Å²) in [7, 11) is -3.11. The zero-order valence-electron chi connectivity index (χ0n) is 35.6. The molecule has 6 rings (SSSR count). The van der Waals surface area contributed by atoms with Crippen LogP contribution in [0, 0.1) is 0 Å². The zero-order valence-corrected chi connectivity index (χ0v) is 37.2. The van der Waals surface area contributed by atoms with Crippen LogP contribution in [0.15, 0.2) is 157 Å². The quantitative estimate of drug-likeness (QED) is 0.107.